The average molecular weight is 364 g/mol. The number of aliphatic hydroxyl groups is 1. The molecule has 1 aliphatic heterocycles. The zero-order valence-corrected chi connectivity index (χ0v) is 16.3. The molecule has 1 amide bonds. The van der Waals surface area contributed by atoms with Gasteiger partial charge in [0.15, 0.2) is 0 Å². The van der Waals surface area contributed by atoms with Gasteiger partial charge in [-0.2, -0.15) is 0 Å². The number of hydrogen-bond donors (Lipinski definition) is 1. The molecule has 1 aliphatic rings. The first-order chi connectivity index (χ1) is 11.8. The van der Waals surface area contributed by atoms with Crippen LogP contribution in [0.5, 0.6) is 0 Å². The summed E-state index contributed by atoms with van der Waals surface area (Å²) < 4.78 is 0. The first-order valence-corrected chi connectivity index (χ1v) is 9.55. The molecule has 3 nitrogen and oxygen atoms in total. The lowest BCUT2D eigenvalue weighted by Gasteiger charge is -2.45. The predicted molar refractivity (Wildman–Crippen MR) is 104 cm³/mol. The summed E-state index contributed by atoms with van der Waals surface area (Å²) in [4.78, 5) is 15.2. The summed E-state index contributed by atoms with van der Waals surface area (Å²) >= 11 is 6.03. The molecule has 4 heteroatoms. The molecule has 0 radical (unpaired) electrons. The molecule has 0 aromatic heterocycles. The van der Waals surface area contributed by atoms with E-state index in [1.165, 1.54) is 0 Å². The second-order valence-corrected chi connectivity index (χ2v) is 8.13. The molecule has 1 saturated heterocycles. The number of amides is 1. The predicted octanol–water partition coefficient (Wildman–Crippen LogP) is 5.14. The van der Waals surface area contributed by atoms with E-state index >= 15 is 0 Å². The number of nitrogens with zero attached hydrogens (tertiary/aromatic N) is 1. The third-order valence-electron chi connectivity index (χ3n) is 5.03. The van der Waals surface area contributed by atoms with Crippen molar-refractivity contribution in [1.82, 2.24) is 4.90 Å². The molecule has 138 valence electrons. The van der Waals surface area contributed by atoms with Crippen molar-refractivity contribution in [3.63, 3.8) is 0 Å². The van der Waals surface area contributed by atoms with Crippen molar-refractivity contribution in [3.8, 4) is 0 Å². The van der Waals surface area contributed by atoms with Gasteiger partial charge < -0.3 is 10.0 Å². The van der Waals surface area contributed by atoms with E-state index in [4.69, 9.17) is 11.6 Å². The Hall–Kier alpha value is -1.32. The second-order valence-electron chi connectivity index (χ2n) is 7.69. The van der Waals surface area contributed by atoms with Crippen LogP contribution < -0.4 is 0 Å². The molecule has 3 atom stereocenters. The van der Waals surface area contributed by atoms with E-state index in [1.807, 2.05) is 49.1 Å². The Bertz CT molecular complexity index is 591. The van der Waals surface area contributed by atoms with Crippen LogP contribution in [0.4, 0.5) is 0 Å². The van der Waals surface area contributed by atoms with Crippen molar-refractivity contribution >= 4 is 17.5 Å². The highest BCUT2D eigenvalue weighted by molar-refractivity contribution is 6.30. The number of rotatable bonds is 7. The fourth-order valence-corrected chi connectivity index (χ4v) is 3.99. The number of piperidine rings is 1. The van der Waals surface area contributed by atoms with Crippen molar-refractivity contribution in [2.45, 2.75) is 70.6 Å². The van der Waals surface area contributed by atoms with E-state index in [0.717, 1.165) is 24.8 Å². The van der Waals surface area contributed by atoms with Crippen molar-refractivity contribution in [3.05, 3.63) is 47.5 Å². The summed E-state index contributed by atoms with van der Waals surface area (Å²) in [5.74, 6) is 0.180. The van der Waals surface area contributed by atoms with Gasteiger partial charge >= 0.3 is 0 Å². The molecule has 1 N–H and O–H groups in total. The van der Waals surface area contributed by atoms with Gasteiger partial charge in [0.1, 0.15) is 0 Å². The van der Waals surface area contributed by atoms with Gasteiger partial charge in [0.2, 0.25) is 5.91 Å². The number of allylic oxidation sites excluding steroid dienone is 1. The molecule has 25 heavy (non-hydrogen) atoms. The third-order valence-corrected chi connectivity index (χ3v) is 5.29. The lowest BCUT2D eigenvalue weighted by molar-refractivity contribution is -0.147. The van der Waals surface area contributed by atoms with Crippen molar-refractivity contribution < 1.29 is 9.90 Å². The van der Waals surface area contributed by atoms with Gasteiger partial charge in [-0.3, -0.25) is 4.79 Å². The molecule has 1 fully saturated rings. The van der Waals surface area contributed by atoms with Crippen molar-refractivity contribution in [1.29, 1.82) is 0 Å². The lowest BCUT2D eigenvalue weighted by Crippen LogP contribution is -2.50. The van der Waals surface area contributed by atoms with Gasteiger partial charge in [0.05, 0.1) is 11.6 Å². The summed E-state index contributed by atoms with van der Waals surface area (Å²) in [6.07, 6.45) is 5.73. The van der Waals surface area contributed by atoms with Gasteiger partial charge in [0.25, 0.3) is 0 Å². The standard InChI is InChI=1S/C21H30ClNO2/c1-5-7-16-10-13-19(15-8-11-17(22)12-9-15)23(20(16)24)18(6-2)14-21(3,4)25/h5,8-9,11-12,16,18-19,25H,1,6-7,10,13-14H2,2-4H3/t16-,18-,19-/m0/s1. The third kappa shape index (κ3) is 5.08. The number of carbonyl (C=O) groups excluding carboxylic acids is 1. The van der Waals surface area contributed by atoms with E-state index in [2.05, 4.69) is 13.5 Å². The Kier molecular flexibility index (Phi) is 6.70. The highest BCUT2D eigenvalue weighted by Crippen LogP contribution is 2.39. The SMILES string of the molecule is C=CC[C@H]1CC[C@@H](c2ccc(Cl)cc2)N([C@@H](CC)CC(C)(C)O)C1=O. The maximum atomic E-state index is 13.2. The summed E-state index contributed by atoms with van der Waals surface area (Å²) in [5.41, 5.74) is 0.306. The van der Waals surface area contributed by atoms with Crippen molar-refractivity contribution in [2.75, 3.05) is 0 Å². The number of benzene rings is 1. The van der Waals surface area contributed by atoms with Gasteiger partial charge in [0, 0.05) is 17.0 Å². The van der Waals surface area contributed by atoms with Crippen LogP contribution >= 0.6 is 11.6 Å². The van der Waals surface area contributed by atoms with Crippen LogP contribution in [0.2, 0.25) is 5.02 Å². The molecule has 2 rings (SSSR count). The van der Waals surface area contributed by atoms with E-state index in [1.54, 1.807) is 0 Å². The van der Waals surface area contributed by atoms with E-state index in [-0.39, 0.29) is 23.9 Å². The molecule has 1 heterocycles. The van der Waals surface area contributed by atoms with E-state index < -0.39 is 5.60 Å². The van der Waals surface area contributed by atoms with Crippen LogP contribution in [0, 0.1) is 5.92 Å². The molecule has 0 spiro atoms. The van der Waals surface area contributed by atoms with Gasteiger partial charge in [-0.15, -0.1) is 6.58 Å². The minimum atomic E-state index is -0.809. The zero-order valence-electron chi connectivity index (χ0n) is 15.5. The van der Waals surface area contributed by atoms with Crippen LogP contribution in [-0.2, 0) is 4.79 Å². The fraction of sp³-hybridized carbons (Fsp3) is 0.571. The van der Waals surface area contributed by atoms with Crippen LogP contribution in [0.15, 0.2) is 36.9 Å². The second kappa shape index (κ2) is 8.37. The lowest BCUT2D eigenvalue weighted by atomic mass is 9.83. The molecule has 1 aromatic rings. The van der Waals surface area contributed by atoms with Crippen LogP contribution in [0.25, 0.3) is 0 Å². The van der Waals surface area contributed by atoms with Crippen LogP contribution in [0.1, 0.15) is 64.5 Å². The quantitative estimate of drug-likeness (QED) is 0.682. The molecule has 0 saturated carbocycles. The molecule has 0 bridgehead atoms. The summed E-state index contributed by atoms with van der Waals surface area (Å²) in [6, 6.07) is 7.84. The minimum absolute atomic E-state index is 0.00287. The Labute approximate surface area is 156 Å². The maximum Gasteiger partial charge on any atom is 0.226 e. The Morgan fingerprint density at radius 1 is 1.36 bits per heavy atom. The highest BCUT2D eigenvalue weighted by Gasteiger charge is 2.40. The monoisotopic (exact) mass is 363 g/mol. The number of likely N-dealkylation sites (tertiary alicyclic amines) is 1. The van der Waals surface area contributed by atoms with E-state index in [9.17, 15) is 9.90 Å². The smallest absolute Gasteiger partial charge is 0.226 e. The van der Waals surface area contributed by atoms with Gasteiger partial charge in [-0.1, -0.05) is 36.7 Å². The highest BCUT2D eigenvalue weighted by atomic mass is 35.5. The Morgan fingerprint density at radius 2 is 2.00 bits per heavy atom. The number of hydrogen-bond acceptors (Lipinski definition) is 2. The molecule has 0 aliphatic carbocycles. The van der Waals surface area contributed by atoms with Gasteiger partial charge in [-0.05, 0) is 63.6 Å². The Morgan fingerprint density at radius 3 is 2.52 bits per heavy atom. The Balaban J connectivity index is 2.37. The molecular weight excluding hydrogens is 334 g/mol. The van der Waals surface area contributed by atoms with Crippen molar-refractivity contribution in [2.24, 2.45) is 5.92 Å². The summed E-state index contributed by atoms with van der Waals surface area (Å²) in [5, 5.41) is 11.0. The molecular formula is C21H30ClNO2. The van der Waals surface area contributed by atoms with Gasteiger partial charge in [-0.25, -0.2) is 0 Å². The van der Waals surface area contributed by atoms with E-state index in [0.29, 0.717) is 17.9 Å². The first-order valence-electron chi connectivity index (χ1n) is 9.17. The topological polar surface area (TPSA) is 40.5 Å². The zero-order chi connectivity index (χ0) is 18.6. The molecule has 1 aromatic carbocycles. The average Bonchev–Trinajstić information content (AvgIpc) is 2.55. The summed E-state index contributed by atoms with van der Waals surface area (Å²) in [7, 11) is 0. The largest absolute Gasteiger partial charge is 0.390 e. The fourth-order valence-electron chi connectivity index (χ4n) is 3.87. The van der Waals surface area contributed by atoms with Crippen LogP contribution in [0.3, 0.4) is 0 Å². The van der Waals surface area contributed by atoms with Crippen LogP contribution in [-0.4, -0.2) is 27.6 Å². The number of carbonyl (C=O) groups is 1. The minimum Gasteiger partial charge on any atom is -0.390 e. The molecule has 0 unspecified atom stereocenters. The first kappa shape index (κ1) is 20.0. The number of halogens is 1. The maximum absolute atomic E-state index is 13.2. The summed E-state index contributed by atoms with van der Waals surface area (Å²) in [6.45, 7) is 9.50. The normalized spacial score (nSPS) is 22.8.